The molecule has 4 aliphatic carbocycles. The normalized spacial score (nSPS) is 52.7. The van der Waals surface area contributed by atoms with Crippen LogP contribution in [0, 0.1) is 40.4 Å². The number of hydrogen-bond acceptors (Lipinski definition) is 6. The van der Waals surface area contributed by atoms with Crippen molar-refractivity contribution in [3.05, 3.63) is 11.6 Å². The van der Waals surface area contributed by atoms with Crippen molar-refractivity contribution in [2.45, 2.75) is 116 Å². The fraction of sp³-hybridized carbons (Fsp3) is 0.900. The Kier molecular flexibility index (Phi) is 6.58. The number of aliphatic hydroxyl groups is 1. The highest BCUT2D eigenvalue weighted by Gasteiger charge is 2.61. The zero-order valence-corrected chi connectivity index (χ0v) is 22.6. The van der Waals surface area contributed by atoms with Gasteiger partial charge in [-0.2, -0.15) is 0 Å². The minimum atomic E-state index is -0.593. The van der Waals surface area contributed by atoms with Gasteiger partial charge in [-0.1, -0.05) is 13.8 Å². The molecule has 4 saturated carbocycles. The molecule has 0 aromatic carbocycles. The first-order valence-corrected chi connectivity index (χ1v) is 14.6. The summed E-state index contributed by atoms with van der Waals surface area (Å²) in [7, 11) is 1.66. The lowest BCUT2D eigenvalue weighted by molar-refractivity contribution is -0.271. The van der Waals surface area contributed by atoms with Crippen molar-refractivity contribution >= 4 is 5.97 Å². The second-order valence-corrected chi connectivity index (χ2v) is 13.5. The van der Waals surface area contributed by atoms with E-state index in [0.717, 1.165) is 30.6 Å². The van der Waals surface area contributed by atoms with Crippen LogP contribution < -0.4 is 0 Å². The number of carbonyl (C=O) groups excluding carboxylic acids is 1. The Bertz CT molecular complexity index is 887. The van der Waals surface area contributed by atoms with E-state index >= 15 is 0 Å². The Hall–Kier alpha value is -0.950. The molecule has 1 saturated heterocycles. The molecule has 2 aliphatic heterocycles. The monoisotopic (exact) mass is 502 g/mol. The number of esters is 1. The fourth-order valence-electron chi connectivity index (χ4n) is 10.1. The average Bonchev–Trinajstić information content (AvgIpc) is 3.43. The Labute approximate surface area is 216 Å². The number of rotatable bonds is 4. The first kappa shape index (κ1) is 25.3. The molecule has 0 amide bonds. The van der Waals surface area contributed by atoms with E-state index in [4.69, 9.17) is 18.9 Å². The second-order valence-electron chi connectivity index (χ2n) is 13.5. The number of aliphatic hydroxyl groups excluding tert-OH is 1. The predicted molar refractivity (Wildman–Crippen MR) is 135 cm³/mol. The minimum Gasteiger partial charge on any atom is -0.458 e. The van der Waals surface area contributed by atoms with E-state index in [9.17, 15) is 9.90 Å². The van der Waals surface area contributed by atoms with Gasteiger partial charge in [-0.25, -0.2) is 4.79 Å². The van der Waals surface area contributed by atoms with E-state index in [1.54, 1.807) is 13.2 Å². The van der Waals surface area contributed by atoms with Crippen molar-refractivity contribution in [2.24, 2.45) is 40.4 Å². The van der Waals surface area contributed by atoms with Gasteiger partial charge in [-0.05, 0) is 111 Å². The van der Waals surface area contributed by atoms with E-state index < -0.39 is 6.10 Å². The first-order chi connectivity index (χ1) is 17.2. The number of cyclic esters (lactones) is 1. The van der Waals surface area contributed by atoms with Crippen LogP contribution in [0.25, 0.3) is 0 Å². The van der Waals surface area contributed by atoms with Crippen LogP contribution in [0.2, 0.25) is 0 Å². The Morgan fingerprint density at radius 3 is 2.53 bits per heavy atom. The zero-order chi connectivity index (χ0) is 25.2. The third-order valence-corrected chi connectivity index (χ3v) is 12.0. The van der Waals surface area contributed by atoms with Crippen molar-refractivity contribution in [1.82, 2.24) is 0 Å². The van der Waals surface area contributed by atoms with Crippen LogP contribution in [0.5, 0.6) is 0 Å². The molecule has 0 bridgehead atoms. The highest BCUT2D eigenvalue weighted by Crippen LogP contribution is 2.68. The van der Waals surface area contributed by atoms with Gasteiger partial charge in [-0.3, -0.25) is 0 Å². The van der Waals surface area contributed by atoms with E-state index in [0.29, 0.717) is 35.7 Å². The van der Waals surface area contributed by atoms with Gasteiger partial charge in [0.05, 0.1) is 18.3 Å². The molecular formula is C30H46O6. The molecule has 0 spiro atoms. The molecule has 6 nitrogen and oxygen atoms in total. The van der Waals surface area contributed by atoms with Crippen LogP contribution in [-0.2, 0) is 23.7 Å². The van der Waals surface area contributed by atoms with E-state index in [-0.39, 0.29) is 30.6 Å². The van der Waals surface area contributed by atoms with Gasteiger partial charge in [0.1, 0.15) is 12.7 Å². The van der Waals surface area contributed by atoms with Crippen molar-refractivity contribution in [3.8, 4) is 0 Å². The predicted octanol–water partition coefficient (Wildman–Crippen LogP) is 5.02. The van der Waals surface area contributed by atoms with Gasteiger partial charge in [0, 0.05) is 19.6 Å². The van der Waals surface area contributed by atoms with Crippen LogP contribution in [0.1, 0.15) is 85.0 Å². The van der Waals surface area contributed by atoms with Crippen LogP contribution >= 0.6 is 0 Å². The van der Waals surface area contributed by atoms with Crippen LogP contribution in [0.4, 0.5) is 0 Å². The molecule has 1 N–H and O–H groups in total. The van der Waals surface area contributed by atoms with Crippen LogP contribution in [-0.4, -0.2) is 55.5 Å². The van der Waals surface area contributed by atoms with Crippen molar-refractivity contribution < 1.29 is 28.8 Å². The summed E-state index contributed by atoms with van der Waals surface area (Å²) in [6, 6.07) is 0. The summed E-state index contributed by atoms with van der Waals surface area (Å²) in [5.74, 6) is 3.50. The SMILES string of the molecule is CO[C@H]1C[C@H](OC2CC[C@@]3(C)C(CC[C@H]4[C@H]5CC[C@H](C6=CC(=O)OC6)[C@@]5(C)CC[C@@H]43)C2)O[C@@H](C)[C@H]1O. The number of ether oxygens (including phenoxy) is 4. The second kappa shape index (κ2) is 9.36. The standard InChI is InChI=1S/C30H46O6/c1-17-28(32)25(33-4)15-27(35-17)36-20-9-11-29(2)19(14-20)5-6-21-23-8-7-22(18-13-26(31)34-16-18)30(23,3)12-10-24(21)29/h13,17,19-25,27-28,32H,5-12,14-16H2,1-4H3/t17-,19?,20?,21-,22+,23+,24-,25-,27-,28+,29-,30+/m0/s1. The maximum Gasteiger partial charge on any atom is 0.331 e. The summed E-state index contributed by atoms with van der Waals surface area (Å²) >= 11 is 0. The largest absolute Gasteiger partial charge is 0.458 e. The van der Waals surface area contributed by atoms with Gasteiger partial charge >= 0.3 is 5.97 Å². The third kappa shape index (κ3) is 4.01. The van der Waals surface area contributed by atoms with Crippen molar-refractivity contribution in [1.29, 1.82) is 0 Å². The van der Waals surface area contributed by atoms with Gasteiger partial charge in [-0.15, -0.1) is 0 Å². The molecule has 2 heterocycles. The molecule has 5 fully saturated rings. The van der Waals surface area contributed by atoms with E-state index in [2.05, 4.69) is 13.8 Å². The average molecular weight is 503 g/mol. The molecule has 2 unspecified atom stereocenters. The molecule has 6 heteroatoms. The Morgan fingerprint density at radius 2 is 1.78 bits per heavy atom. The summed E-state index contributed by atoms with van der Waals surface area (Å²) in [5, 5.41) is 10.3. The molecular weight excluding hydrogens is 456 g/mol. The molecule has 0 aromatic rings. The fourth-order valence-corrected chi connectivity index (χ4v) is 10.1. The molecule has 6 rings (SSSR count). The zero-order valence-electron chi connectivity index (χ0n) is 22.6. The molecule has 0 aromatic heterocycles. The van der Waals surface area contributed by atoms with E-state index in [1.165, 1.54) is 50.5 Å². The molecule has 12 atom stereocenters. The van der Waals surface area contributed by atoms with Crippen LogP contribution in [0.15, 0.2) is 11.6 Å². The van der Waals surface area contributed by atoms with Crippen molar-refractivity contribution in [2.75, 3.05) is 13.7 Å². The maximum absolute atomic E-state index is 11.8. The lowest BCUT2D eigenvalue weighted by atomic mass is 9.44. The Morgan fingerprint density at radius 1 is 1.00 bits per heavy atom. The molecule has 6 aliphatic rings. The third-order valence-electron chi connectivity index (χ3n) is 12.0. The van der Waals surface area contributed by atoms with Gasteiger partial charge < -0.3 is 24.1 Å². The van der Waals surface area contributed by atoms with Gasteiger partial charge in [0.25, 0.3) is 0 Å². The lowest BCUT2D eigenvalue weighted by Crippen LogP contribution is -2.55. The first-order valence-electron chi connectivity index (χ1n) is 14.6. The van der Waals surface area contributed by atoms with E-state index in [1.807, 2.05) is 6.92 Å². The highest BCUT2D eigenvalue weighted by atomic mass is 16.7. The number of methoxy groups -OCH3 is 1. The molecule has 36 heavy (non-hydrogen) atoms. The van der Waals surface area contributed by atoms with Gasteiger partial charge in [0.15, 0.2) is 6.29 Å². The molecule has 202 valence electrons. The summed E-state index contributed by atoms with van der Waals surface area (Å²) in [4.78, 5) is 11.8. The number of fused-ring (bicyclic) bond motifs is 5. The maximum atomic E-state index is 11.8. The van der Waals surface area contributed by atoms with Crippen LogP contribution in [0.3, 0.4) is 0 Å². The summed E-state index contributed by atoms with van der Waals surface area (Å²) < 4.78 is 23.3. The summed E-state index contributed by atoms with van der Waals surface area (Å²) in [6.07, 6.45) is 12.5. The number of carbonyl (C=O) groups is 1. The molecule has 0 radical (unpaired) electrons. The van der Waals surface area contributed by atoms with Crippen molar-refractivity contribution in [3.63, 3.8) is 0 Å². The minimum absolute atomic E-state index is 0.139. The van der Waals surface area contributed by atoms with Gasteiger partial charge in [0.2, 0.25) is 0 Å². The Balaban J connectivity index is 1.12. The summed E-state index contributed by atoms with van der Waals surface area (Å²) in [6.45, 7) is 7.56. The quantitative estimate of drug-likeness (QED) is 0.430. The number of hydrogen-bond donors (Lipinski definition) is 1. The summed E-state index contributed by atoms with van der Waals surface area (Å²) in [5.41, 5.74) is 1.99. The smallest absolute Gasteiger partial charge is 0.331 e. The highest BCUT2D eigenvalue weighted by molar-refractivity contribution is 5.85. The topological polar surface area (TPSA) is 74.2 Å². The lowest BCUT2D eigenvalue weighted by Gasteiger charge is -2.61.